The van der Waals surface area contributed by atoms with Crippen LogP contribution in [-0.4, -0.2) is 30.1 Å². The summed E-state index contributed by atoms with van der Waals surface area (Å²) >= 11 is 0. The molecule has 0 radical (unpaired) electrons. The molecule has 4 saturated carbocycles. The SMILES string of the molecule is COC(=O)[C@]12CCC(C)(C)C[C@@]1(C)[C@H]1C(=O)C=C3[C@@]4(C)CC[C@H](O)C(C)(C)C4CC[C@@]3(C)[C@]1(C)CC2. The number of ketones is 1. The lowest BCUT2D eigenvalue weighted by Crippen LogP contribution is -2.69. The summed E-state index contributed by atoms with van der Waals surface area (Å²) < 4.78 is 5.49. The molecule has 36 heavy (non-hydrogen) atoms. The van der Waals surface area contributed by atoms with Crippen molar-refractivity contribution < 1.29 is 19.4 Å². The minimum absolute atomic E-state index is 0.0804. The van der Waals surface area contributed by atoms with Gasteiger partial charge in [-0.2, -0.15) is 0 Å². The number of carbonyl (C=O) groups excluding carboxylic acids is 2. The van der Waals surface area contributed by atoms with Gasteiger partial charge in [-0.1, -0.05) is 61.0 Å². The van der Waals surface area contributed by atoms with Crippen molar-refractivity contribution in [2.75, 3.05) is 7.11 Å². The van der Waals surface area contributed by atoms with Crippen LogP contribution in [0.2, 0.25) is 0 Å². The summed E-state index contributed by atoms with van der Waals surface area (Å²) in [6.45, 7) is 18.6. The van der Waals surface area contributed by atoms with Gasteiger partial charge in [-0.05, 0) is 102 Å². The number of carbonyl (C=O) groups is 2. The summed E-state index contributed by atoms with van der Waals surface area (Å²) in [6, 6.07) is 0. The molecule has 0 saturated heterocycles. The maximum atomic E-state index is 14.5. The summed E-state index contributed by atoms with van der Waals surface area (Å²) in [4.78, 5) is 28.1. The maximum absolute atomic E-state index is 14.5. The predicted octanol–water partition coefficient (Wildman–Crippen LogP) is 6.89. The Balaban J connectivity index is 1.69. The molecule has 0 aromatic carbocycles. The van der Waals surface area contributed by atoms with E-state index in [1.54, 1.807) is 0 Å². The van der Waals surface area contributed by atoms with Gasteiger partial charge in [0.25, 0.3) is 0 Å². The van der Waals surface area contributed by atoms with Gasteiger partial charge in [0.1, 0.15) is 0 Å². The number of methoxy groups -OCH3 is 1. The minimum atomic E-state index is -0.586. The Morgan fingerprint density at radius 2 is 1.53 bits per heavy atom. The van der Waals surface area contributed by atoms with Crippen molar-refractivity contribution in [3.8, 4) is 0 Å². The van der Waals surface area contributed by atoms with Gasteiger partial charge in [-0.3, -0.25) is 9.59 Å². The summed E-state index contributed by atoms with van der Waals surface area (Å²) in [7, 11) is 1.52. The first-order valence-electron chi connectivity index (χ1n) is 14.5. The molecule has 0 aliphatic heterocycles. The molecule has 0 aromatic rings. The molecule has 5 aliphatic carbocycles. The average Bonchev–Trinajstić information content (AvgIpc) is 2.77. The van der Waals surface area contributed by atoms with Crippen LogP contribution in [0.5, 0.6) is 0 Å². The zero-order valence-electron chi connectivity index (χ0n) is 24.3. The van der Waals surface area contributed by atoms with Crippen LogP contribution in [0, 0.1) is 49.7 Å². The maximum Gasteiger partial charge on any atom is 0.312 e. The number of allylic oxidation sites excluding steroid dienone is 2. The molecule has 8 atom stereocenters. The van der Waals surface area contributed by atoms with Crippen molar-refractivity contribution in [3.05, 3.63) is 11.6 Å². The van der Waals surface area contributed by atoms with Crippen LogP contribution < -0.4 is 0 Å². The van der Waals surface area contributed by atoms with Gasteiger partial charge < -0.3 is 9.84 Å². The van der Waals surface area contributed by atoms with Gasteiger partial charge in [0, 0.05) is 5.92 Å². The highest BCUT2D eigenvalue weighted by atomic mass is 16.5. The van der Waals surface area contributed by atoms with E-state index in [9.17, 15) is 14.7 Å². The van der Waals surface area contributed by atoms with E-state index in [0.29, 0.717) is 5.92 Å². The number of hydrogen-bond acceptors (Lipinski definition) is 4. The van der Waals surface area contributed by atoms with Crippen LogP contribution in [-0.2, 0) is 14.3 Å². The second-order valence-electron chi connectivity index (χ2n) is 15.9. The molecule has 5 rings (SSSR count). The molecule has 0 spiro atoms. The molecule has 0 amide bonds. The standard InChI is InChI=1S/C32H50O4/c1-26(2)14-16-32(25(35)36-9)17-15-30(7)24(31(32,8)19-26)20(33)18-22-28(5)12-11-23(34)27(3,4)21(28)10-13-29(22,30)6/h18,21,23-24,34H,10-17,19H2,1-9H3/t21?,23-,24-,28-,29+,30+,31-,32+/m0/s1. The zero-order chi connectivity index (χ0) is 26.7. The minimum Gasteiger partial charge on any atom is -0.469 e. The number of fused-ring (bicyclic) bond motifs is 7. The normalized spacial score (nSPS) is 51.1. The highest BCUT2D eigenvalue weighted by Gasteiger charge is 2.74. The van der Waals surface area contributed by atoms with Crippen molar-refractivity contribution in [1.29, 1.82) is 0 Å². The van der Waals surface area contributed by atoms with Crippen LogP contribution in [0.1, 0.15) is 113 Å². The number of ether oxygens (including phenoxy) is 1. The molecule has 0 heterocycles. The fraction of sp³-hybridized carbons (Fsp3) is 0.875. The van der Waals surface area contributed by atoms with Crippen LogP contribution in [0.3, 0.4) is 0 Å². The van der Waals surface area contributed by atoms with E-state index in [0.717, 1.165) is 57.8 Å². The van der Waals surface area contributed by atoms with Crippen molar-refractivity contribution >= 4 is 11.8 Å². The number of hydrogen-bond donors (Lipinski definition) is 1. The van der Waals surface area contributed by atoms with Crippen molar-refractivity contribution in [2.24, 2.45) is 49.7 Å². The smallest absolute Gasteiger partial charge is 0.312 e. The monoisotopic (exact) mass is 498 g/mol. The van der Waals surface area contributed by atoms with Gasteiger partial charge in [-0.25, -0.2) is 0 Å². The van der Waals surface area contributed by atoms with Gasteiger partial charge in [0.15, 0.2) is 5.78 Å². The predicted molar refractivity (Wildman–Crippen MR) is 142 cm³/mol. The lowest BCUT2D eigenvalue weighted by molar-refractivity contribution is -0.221. The highest BCUT2D eigenvalue weighted by Crippen LogP contribution is 2.78. The molecule has 4 nitrogen and oxygen atoms in total. The number of aliphatic hydroxyl groups excluding tert-OH is 1. The quantitative estimate of drug-likeness (QED) is 0.400. The largest absolute Gasteiger partial charge is 0.469 e. The Morgan fingerprint density at radius 3 is 2.17 bits per heavy atom. The molecule has 0 bridgehead atoms. The first-order valence-corrected chi connectivity index (χ1v) is 14.5. The van der Waals surface area contributed by atoms with Gasteiger partial charge >= 0.3 is 5.97 Å². The summed E-state index contributed by atoms with van der Waals surface area (Å²) in [6.07, 6.45) is 9.98. The third-order valence-electron chi connectivity index (χ3n) is 13.5. The summed E-state index contributed by atoms with van der Waals surface area (Å²) in [5.74, 6) is 0.314. The summed E-state index contributed by atoms with van der Waals surface area (Å²) in [5.41, 5.74) is -0.134. The lowest BCUT2D eigenvalue weighted by atomic mass is 9.31. The molecule has 5 aliphatic rings. The molecular weight excluding hydrogens is 448 g/mol. The van der Waals surface area contributed by atoms with E-state index < -0.39 is 10.8 Å². The molecule has 4 heteroatoms. The Bertz CT molecular complexity index is 1020. The third kappa shape index (κ3) is 2.92. The van der Waals surface area contributed by atoms with E-state index >= 15 is 0 Å². The number of esters is 1. The highest BCUT2D eigenvalue weighted by molar-refractivity contribution is 5.97. The molecular formula is C32H50O4. The molecule has 202 valence electrons. The van der Waals surface area contributed by atoms with Crippen molar-refractivity contribution in [3.63, 3.8) is 0 Å². The van der Waals surface area contributed by atoms with E-state index in [1.165, 1.54) is 12.7 Å². The number of rotatable bonds is 1. The Hall–Kier alpha value is -1.16. The topological polar surface area (TPSA) is 63.6 Å². The van der Waals surface area contributed by atoms with E-state index in [2.05, 4.69) is 61.5 Å². The van der Waals surface area contributed by atoms with Crippen LogP contribution in [0.15, 0.2) is 11.6 Å². The first-order chi connectivity index (χ1) is 16.5. The van der Waals surface area contributed by atoms with E-state index in [-0.39, 0.29) is 50.8 Å². The molecule has 1 N–H and O–H groups in total. The number of aliphatic hydroxyl groups is 1. The zero-order valence-corrected chi connectivity index (χ0v) is 24.3. The van der Waals surface area contributed by atoms with Crippen LogP contribution >= 0.6 is 0 Å². The van der Waals surface area contributed by atoms with Crippen molar-refractivity contribution in [1.82, 2.24) is 0 Å². The van der Waals surface area contributed by atoms with Crippen molar-refractivity contribution in [2.45, 2.75) is 119 Å². The first kappa shape index (κ1) is 26.4. The van der Waals surface area contributed by atoms with E-state index in [4.69, 9.17) is 4.74 Å². The fourth-order valence-electron chi connectivity index (χ4n) is 11.4. The Labute approximate surface area is 219 Å². The molecule has 1 unspecified atom stereocenters. The van der Waals surface area contributed by atoms with E-state index in [1.807, 2.05) is 0 Å². The molecule has 4 fully saturated rings. The average molecular weight is 499 g/mol. The van der Waals surface area contributed by atoms with Crippen LogP contribution in [0.25, 0.3) is 0 Å². The Kier molecular flexibility index (Phi) is 5.50. The van der Waals surface area contributed by atoms with Crippen LogP contribution in [0.4, 0.5) is 0 Å². The Morgan fingerprint density at radius 1 is 0.889 bits per heavy atom. The summed E-state index contributed by atoms with van der Waals surface area (Å²) in [5, 5.41) is 10.9. The fourth-order valence-corrected chi connectivity index (χ4v) is 11.4. The van der Waals surface area contributed by atoms with Gasteiger partial charge in [0.2, 0.25) is 0 Å². The second kappa shape index (κ2) is 7.48. The molecule has 0 aromatic heterocycles. The third-order valence-corrected chi connectivity index (χ3v) is 13.5. The van der Waals surface area contributed by atoms with Gasteiger partial charge in [-0.15, -0.1) is 0 Å². The lowest BCUT2D eigenvalue weighted by Gasteiger charge is -2.72. The second-order valence-corrected chi connectivity index (χ2v) is 15.9. The van der Waals surface area contributed by atoms with Gasteiger partial charge in [0.05, 0.1) is 18.6 Å².